The van der Waals surface area contributed by atoms with Crippen molar-refractivity contribution in [2.75, 3.05) is 18.4 Å². The lowest BCUT2D eigenvalue weighted by Crippen LogP contribution is -2.12. The van der Waals surface area contributed by atoms with Gasteiger partial charge in [0.25, 0.3) is 0 Å². The Hall–Kier alpha value is -1.33. The van der Waals surface area contributed by atoms with Gasteiger partial charge in [0.05, 0.1) is 16.3 Å². The van der Waals surface area contributed by atoms with Crippen LogP contribution in [0.2, 0.25) is 0 Å². The number of hydrogen-bond donors (Lipinski definition) is 2. The first-order valence-electron chi connectivity index (χ1n) is 5.70. The van der Waals surface area contributed by atoms with Crippen molar-refractivity contribution in [1.29, 1.82) is 0 Å². The summed E-state index contributed by atoms with van der Waals surface area (Å²) in [7, 11) is 0. The van der Waals surface area contributed by atoms with Gasteiger partial charge in [-0.1, -0.05) is 11.3 Å². The zero-order chi connectivity index (χ0) is 12.3. The number of ether oxygens (including phenoxy) is 1. The van der Waals surface area contributed by atoms with Gasteiger partial charge in [-0.25, -0.2) is 4.98 Å². The molecule has 92 valence electrons. The van der Waals surface area contributed by atoms with Crippen LogP contribution in [0.1, 0.15) is 13.8 Å². The van der Waals surface area contributed by atoms with Crippen LogP contribution in [0, 0.1) is 0 Å². The second kappa shape index (κ2) is 5.33. The Balaban J connectivity index is 2.21. The Morgan fingerprint density at radius 1 is 1.47 bits per heavy atom. The average Bonchev–Trinajstić information content (AvgIpc) is 2.67. The van der Waals surface area contributed by atoms with E-state index in [0.29, 0.717) is 6.54 Å². The van der Waals surface area contributed by atoms with Gasteiger partial charge in [0.15, 0.2) is 5.13 Å². The van der Waals surface area contributed by atoms with Crippen LogP contribution >= 0.6 is 11.3 Å². The van der Waals surface area contributed by atoms with E-state index in [4.69, 9.17) is 10.5 Å². The fourth-order valence-corrected chi connectivity index (χ4v) is 2.42. The summed E-state index contributed by atoms with van der Waals surface area (Å²) in [5.41, 5.74) is 6.44. The summed E-state index contributed by atoms with van der Waals surface area (Å²) in [5.74, 6) is 0.890. The molecule has 1 aromatic heterocycles. The third-order valence-electron chi connectivity index (χ3n) is 2.15. The van der Waals surface area contributed by atoms with E-state index in [1.807, 2.05) is 32.0 Å². The number of aromatic nitrogens is 1. The number of benzene rings is 1. The molecule has 0 atom stereocenters. The number of rotatable bonds is 5. The molecule has 3 N–H and O–H groups in total. The molecular weight excluding hydrogens is 234 g/mol. The summed E-state index contributed by atoms with van der Waals surface area (Å²) in [4.78, 5) is 4.47. The predicted octanol–water partition coefficient (Wildman–Crippen LogP) is 2.45. The molecule has 0 amide bonds. The van der Waals surface area contributed by atoms with Crippen LogP contribution < -0.4 is 15.8 Å². The summed E-state index contributed by atoms with van der Waals surface area (Å²) >= 11 is 1.62. The minimum absolute atomic E-state index is 0.190. The fraction of sp³-hybridized carbons (Fsp3) is 0.417. The van der Waals surface area contributed by atoms with Crippen molar-refractivity contribution < 1.29 is 4.74 Å². The topological polar surface area (TPSA) is 60.2 Å². The highest BCUT2D eigenvalue weighted by atomic mass is 32.1. The van der Waals surface area contributed by atoms with Crippen molar-refractivity contribution in [1.82, 2.24) is 4.98 Å². The molecule has 2 aromatic rings. The van der Waals surface area contributed by atoms with Crippen LogP contribution in [-0.4, -0.2) is 24.2 Å². The third-order valence-corrected chi connectivity index (χ3v) is 3.13. The van der Waals surface area contributed by atoms with Gasteiger partial charge in [0.1, 0.15) is 5.75 Å². The molecule has 0 fully saturated rings. The highest BCUT2D eigenvalue weighted by Gasteiger charge is 2.05. The van der Waals surface area contributed by atoms with E-state index in [1.165, 1.54) is 0 Å². The maximum Gasteiger partial charge on any atom is 0.183 e. The minimum atomic E-state index is 0.190. The van der Waals surface area contributed by atoms with Crippen LogP contribution in [0.4, 0.5) is 5.13 Å². The molecule has 0 spiro atoms. The number of nitrogens with two attached hydrogens (primary N) is 1. The van der Waals surface area contributed by atoms with Crippen molar-refractivity contribution in [3.63, 3.8) is 0 Å². The molecule has 0 unspecified atom stereocenters. The summed E-state index contributed by atoms with van der Waals surface area (Å²) in [6, 6.07) is 5.96. The molecule has 1 aromatic carbocycles. The monoisotopic (exact) mass is 251 g/mol. The fourth-order valence-electron chi connectivity index (χ4n) is 1.51. The molecule has 17 heavy (non-hydrogen) atoms. The zero-order valence-electron chi connectivity index (χ0n) is 10.1. The number of fused-ring (bicyclic) bond motifs is 1. The van der Waals surface area contributed by atoms with Crippen LogP contribution in [-0.2, 0) is 0 Å². The standard InChI is InChI=1S/C12H17N3OS/c1-8(2)16-9-3-4-10-11(7-9)17-12(15-10)14-6-5-13/h3-4,7-8H,5-6,13H2,1-2H3,(H,14,15). The molecule has 2 rings (SSSR count). The van der Waals surface area contributed by atoms with Gasteiger partial charge in [-0.05, 0) is 32.0 Å². The van der Waals surface area contributed by atoms with Gasteiger partial charge in [-0.3, -0.25) is 0 Å². The average molecular weight is 251 g/mol. The van der Waals surface area contributed by atoms with Crippen molar-refractivity contribution in [2.45, 2.75) is 20.0 Å². The van der Waals surface area contributed by atoms with Crippen LogP contribution in [0.15, 0.2) is 18.2 Å². The Kier molecular flexibility index (Phi) is 3.81. The Morgan fingerprint density at radius 3 is 3.00 bits per heavy atom. The van der Waals surface area contributed by atoms with E-state index in [-0.39, 0.29) is 6.10 Å². The van der Waals surface area contributed by atoms with Gasteiger partial charge in [0, 0.05) is 13.1 Å². The molecule has 0 aliphatic rings. The van der Waals surface area contributed by atoms with Crippen molar-refractivity contribution in [2.24, 2.45) is 5.73 Å². The van der Waals surface area contributed by atoms with Crippen molar-refractivity contribution >= 4 is 26.7 Å². The summed E-state index contributed by atoms with van der Waals surface area (Å²) in [6.45, 7) is 5.39. The first-order valence-corrected chi connectivity index (χ1v) is 6.52. The maximum absolute atomic E-state index is 5.65. The van der Waals surface area contributed by atoms with Crippen LogP contribution in [0.25, 0.3) is 10.2 Å². The molecule has 0 saturated carbocycles. The third kappa shape index (κ3) is 3.08. The first kappa shape index (κ1) is 12.1. The van der Waals surface area contributed by atoms with E-state index >= 15 is 0 Å². The zero-order valence-corrected chi connectivity index (χ0v) is 10.9. The summed E-state index contributed by atoms with van der Waals surface area (Å²) < 4.78 is 6.78. The second-order valence-corrected chi connectivity index (χ2v) is 5.06. The van der Waals surface area contributed by atoms with Gasteiger partial charge in [0.2, 0.25) is 0 Å². The number of nitrogens with one attached hydrogen (secondary N) is 1. The molecular formula is C12H17N3OS. The highest BCUT2D eigenvalue weighted by Crippen LogP contribution is 2.29. The van der Waals surface area contributed by atoms with Gasteiger partial charge in [-0.15, -0.1) is 0 Å². The largest absolute Gasteiger partial charge is 0.491 e. The van der Waals surface area contributed by atoms with Crippen LogP contribution in [0.3, 0.4) is 0 Å². The Labute approximate surface area is 105 Å². The van der Waals surface area contributed by atoms with E-state index in [0.717, 1.165) is 27.6 Å². The molecule has 1 heterocycles. The number of nitrogens with zero attached hydrogens (tertiary/aromatic N) is 1. The second-order valence-electron chi connectivity index (χ2n) is 4.03. The van der Waals surface area contributed by atoms with Gasteiger partial charge in [-0.2, -0.15) is 0 Å². The molecule has 0 aliphatic heterocycles. The van der Waals surface area contributed by atoms with Gasteiger partial charge >= 0.3 is 0 Å². The SMILES string of the molecule is CC(C)Oc1ccc2nc(NCCN)sc2c1. The smallest absolute Gasteiger partial charge is 0.183 e. The molecule has 0 aliphatic carbocycles. The number of thiazole rings is 1. The molecule has 5 heteroatoms. The quantitative estimate of drug-likeness (QED) is 0.857. The Morgan fingerprint density at radius 2 is 2.29 bits per heavy atom. The summed E-state index contributed by atoms with van der Waals surface area (Å²) in [6.07, 6.45) is 0.190. The lowest BCUT2D eigenvalue weighted by atomic mass is 10.3. The number of hydrogen-bond acceptors (Lipinski definition) is 5. The minimum Gasteiger partial charge on any atom is -0.491 e. The van der Waals surface area contributed by atoms with E-state index in [1.54, 1.807) is 11.3 Å². The summed E-state index contributed by atoms with van der Waals surface area (Å²) in [5, 5.41) is 4.09. The van der Waals surface area contributed by atoms with E-state index in [2.05, 4.69) is 10.3 Å². The van der Waals surface area contributed by atoms with Crippen LogP contribution in [0.5, 0.6) is 5.75 Å². The van der Waals surface area contributed by atoms with Gasteiger partial charge < -0.3 is 15.8 Å². The van der Waals surface area contributed by atoms with Crippen molar-refractivity contribution in [3.8, 4) is 5.75 Å². The normalized spacial score (nSPS) is 11.1. The number of anilines is 1. The molecule has 0 saturated heterocycles. The van der Waals surface area contributed by atoms with E-state index < -0.39 is 0 Å². The van der Waals surface area contributed by atoms with E-state index in [9.17, 15) is 0 Å². The molecule has 0 bridgehead atoms. The van der Waals surface area contributed by atoms with Crippen molar-refractivity contribution in [3.05, 3.63) is 18.2 Å². The first-order chi connectivity index (χ1) is 8.19. The predicted molar refractivity (Wildman–Crippen MR) is 72.9 cm³/mol. The maximum atomic E-state index is 5.65. The molecule has 4 nitrogen and oxygen atoms in total. The Bertz CT molecular complexity index is 495. The molecule has 0 radical (unpaired) electrons. The highest BCUT2D eigenvalue weighted by molar-refractivity contribution is 7.22. The lowest BCUT2D eigenvalue weighted by Gasteiger charge is -2.08. The lowest BCUT2D eigenvalue weighted by molar-refractivity contribution is 0.243.